The van der Waals surface area contributed by atoms with Gasteiger partial charge in [0.15, 0.2) is 12.4 Å². The van der Waals surface area contributed by atoms with E-state index in [0.717, 1.165) is 19.3 Å². The molecule has 1 atom stereocenters. The molecule has 154 valence electrons. The number of likely N-dealkylation sites (tertiary alicyclic amines) is 1. The lowest BCUT2D eigenvalue weighted by atomic mass is 10.0. The van der Waals surface area contributed by atoms with Gasteiger partial charge in [0.2, 0.25) is 0 Å². The number of ether oxygens (including phenoxy) is 1. The first-order valence-corrected chi connectivity index (χ1v) is 9.60. The SMILES string of the molecule is Cc1nc(C2CCCCN2C(=O)COc2ccc(F)cc2)ncc1C(=O)N(C)C. The van der Waals surface area contributed by atoms with Gasteiger partial charge in [-0.2, -0.15) is 0 Å². The predicted molar refractivity (Wildman–Crippen MR) is 105 cm³/mol. The van der Waals surface area contributed by atoms with Crippen LogP contribution >= 0.6 is 0 Å². The van der Waals surface area contributed by atoms with Crippen molar-refractivity contribution in [1.29, 1.82) is 0 Å². The lowest BCUT2D eigenvalue weighted by molar-refractivity contribution is -0.137. The minimum Gasteiger partial charge on any atom is -0.484 e. The lowest BCUT2D eigenvalue weighted by Crippen LogP contribution is -2.42. The van der Waals surface area contributed by atoms with Gasteiger partial charge in [0.05, 0.1) is 17.3 Å². The van der Waals surface area contributed by atoms with E-state index in [2.05, 4.69) is 9.97 Å². The number of hydrogen-bond acceptors (Lipinski definition) is 5. The van der Waals surface area contributed by atoms with Gasteiger partial charge in [-0.1, -0.05) is 0 Å². The van der Waals surface area contributed by atoms with E-state index in [1.165, 1.54) is 35.4 Å². The summed E-state index contributed by atoms with van der Waals surface area (Å²) in [6.45, 7) is 2.23. The van der Waals surface area contributed by atoms with Gasteiger partial charge in [-0.15, -0.1) is 0 Å². The number of carbonyl (C=O) groups excluding carboxylic acids is 2. The Morgan fingerprint density at radius 3 is 2.62 bits per heavy atom. The molecular weight excluding hydrogens is 375 g/mol. The average molecular weight is 400 g/mol. The number of carbonyl (C=O) groups is 2. The number of aryl methyl sites for hydroxylation is 1. The molecule has 3 rings (SSSR count). The highest BCUT2D eigenvalue weighted by molar-refractivity contribution is 5.94. The molecule has 1 aliphatic heterocycles. The summed E-state index contributed by atoms with van der Waals surface area (Å²) in [6, 6.07) is 5.30. The van der Waals surface area contributed by atoms with Crippen LogP contribution in [-0.2, 0) is 4.79 Å². The molecule has 2 aromatic rings. The molecule has 2 heterocycles. The third kappa shape index (κ3) is 4.88. The van der Waals surface area contributed by atoms with Crippen molar-refractivity contribution in [3.8, 4) is 5.75 Å². The van der Waals surface area contributed by atoms with Crippen molar-refractivity contribution >= 4 is 11.8 Å². The third-order valence-corrected chi connectivity index (χ3v) is 4.93. The van der Waals surface area contributed by atoms with Crippen LogP contribution in [0.25, 0.3) is 0 Å². The van der Waals surface area contributed by atoms with Crippen LogP contribution in [0.4, 0.5) is 4.39 Å². The second-order valence-electron chi connectivity index (χ2n) is 7.27. The van der Waals surface area contributed by atoms with E-state index in [1.54, 1.807) is 25.9 Å². The Morgan fingerprint density at radius 2 is 1.97 bits per heavy atom. The minimum atomic E-state index is -0.358. The van der Waals surface area contributed by atoms with E-state index in [1.807, 2.05) is 0 Å². The number of rotatable bonds is 5. The van der Waals surface area contributed by atoms with Gasteiger partial charge in [0.1, 0.15) is 11.6 Å². The molecule has 1 aliphatic rings. The summed E-state index contributed by atoms with van der Waals surface area (Å²) >= 11 is 0. The van der Waals surface area contributed by atoms with Gasteiger partial charge in [0.25, 0.3) is 11.8 Å². The molecule has 8 heteroatoms. The quantitative estimate of drug-likeness (QED) is 0.771. The zero-order valence-electron chi connectivity index (χ0n) is 16.9. The second kappa shape index (κ2) is 8.98. The number of hydrogen-bond donors (Lipinski definition) is 0. The normalized spacial score (nSPS) is 16.4. The minimum absolute atomic E-state index is 0.141. The van der Waals surface area contributed by atoms with E-state index >= 15 is 0 Å². The van der Waals surface area contributed by atoms with Crippen LogP contribution in [0.3, 0.4) is 0 Å². The van der Waals surface area contributed by atoms with E-state index in [9.17, 15) is 14.0 Å². The lowest BCUT2D eigenvalue weighted by Gasteiger charge is -2.34. The number of amides is 2. The van der Waals surface area contributed by atoms with Crippen LogP contribution in [0.1, 0.15) is 47.2 Å². The molecule has 7 nitrogen and oxygen atoms in total. The van der Waals surface area contributed by atoms with Crippen LogP contribution in [0.5, 0.6) is 5.75 Å². The van der Waals surface area contributed by atoms with E-state index in [4.69, 9.17) is 4.74 Å². The van der Waals surface area contributed by atoms with Crippen molar-refractivity contribution < 1.29 is 18.7 Å². The molecule has 0 N–H and O–H groups in total. The highest BCUT2D eigenvalue weighted by Gasteiger charge is 2.30. The molecule has 0 spiro atoms. The monoisotopic (exact) mass is 400 g/mol. The van der Waals surface area contributed by atoms with Gasteiger partial charge in [-0.25, -0.2) is 14.4 Å². The third-order valence-electron chi connectivity index (χ3n) is 4.93. The van der Waals surface area contributed by atoms with Crippen molar-refractivity contribution in [1.82, 2.24) is 19.8 Å². The summed E-state index contributed by atoms with van der Waals surface area (Å²) < 4.78 is 18.5. The summed E-state index contributed by atoms with van der Waals surface area (Å²) in [5.41, 5.74) is 1.04. The molecule has 0 aliphatic carbocycles. The molecular formula is C21H25FN4O3. The molecule has 0 saturated carbocycles. The Morgan fingerprint density at radius 1 is 1.24 bits per heavy atom. The number of halogens is 1. The van der Waals surface area contributed by atoms with E-state index in [-0.39, 0.29) is 30.3 Å². The Hall–Kier alpha value is -3.03. The molecule has 1 saturated heterocycles. The summed E-state index contributed by atoms with van der Waals surface area (Å²) in [4.78, 5) is 37.1. The zero-order chi connectivity index (χ0) is 21.0. The molecule has 1 unspecified atom stereocenters. The average Bonchev–Trinajstić information content (AvgIpc) is 2.72. The maximum Gasteiger partial charge on any atom is 0.261 e. The topological polar surface area (TPSA) is 75.6 Å². The number of piperidine rings is 1. The fraction of sp³-hybridized carbons (Fsp3) is 0.429. The maximum absolute atomic E-state index is 13.0. The molecule has 0 radical (unpaired) electrons. The Labute approximate surface area is 169 Å². The first-order chi connectivity index (χ1) is 13.9. The van der Waals surface area contributed by atoms with Crippen molar-refractivity contribution in [2.75, 3.05) is 27.2 Å². The zero-order valence-corrected chi connectivity index (χ0v) is 16.9. The number of aromatic nitrogens is 2. The maximum atomic E-state index is 13.0. The first kappa shape index (κ1) is 20.7. The van der Waals surface area contributed by atoms with Gasteiger partial charge >= 0.3 is 0 Å². The Bertz CT molecular complexity index is 886. The highest BCUT2D eigenvalue weighted by atomic mass is 19.1. The van der Waals surface area contributed by atoms with E-state index < -0.39 is 0 Å². The Kier molecular flexibility index (Phi) is 6.41. The van der Waals surface area contributed by atoms with Crippen LogP contribution in [-0.4, -0.2) is 58.8 Å². The van der Waals surface area contributed by atoms with Gasteiger partial charge in [-0.05, 0) is 50.5 Å². The fourth-order valence-corrected chi connectivity index (χ4v) is 3.35. The predicted octanol–water partition coefficient (Wildman–Crippen LogP) is 2.76. The summed E-state index contributed by atoms with van der Waals surface area (Å²) in [5, 5.41) is 0. The van der Waals surface area contributed by atoms with Gasteiger partial charge in [-0.3, -0.25) is 9.59 Å². The van der Waals surface area contributed by atoms with Crippen molar-refractivity contribution in [3.63, 3.8) is 0 Å². The van der Waals surface area contributed by atoms with Crippen LogP contribution in [0.2, 0.25) is 0 Å². The van der Waals surface area contributed by atoms with Crippen LogP contribution in [0, 0.1) is 12.7 Å². The largest absolute Gasteiger partial charge is 0.484 e. The van der Waals surface area contributed by atoms with Crippen molar-refractivity contribution in [3.05, 3.63) is 53.4 Å². The second-order valence-corrected chi connectivity index (χ2v) is 7.27. The van der Waals surface area contributed by atoms with Gasteiger partial charge < -0.3 is 14.5 Å². The molecule has 1 aromatic carbocycles. The summed E-state index contributed by atoms with van der Waals surface area (Å²) in [5.74, 6) is 0.287. The molecule has 1 aromatic heterocycles. The summed E-state index contributed by atoms with van der Waals surface area (Å²) in [7, 11) is 3.36. The molecule has 2 amide bonds. The molecule has 0 bridgehead atoms. The number of nitrogens with zero attached hydrogens (tertiary/aromatic N) is 4. The fourth-order valence-electron chi connectivity index (χ4n) is 3.35. The standard InChI is InChI=1S/C21H25FN4O3/c1-14-17(21(28)25(2)3)12-23-20(24-14)18-6-4-5-11-26(18)19(27)13-29-16-9-7-15(22)8-10-16/h7-10,12,18H,4-6,11,13H2,1-3H3. The van der Waals surface area contributed by atoms with E-state index in [0.29, 0.717) is 29.4 Å². The van der Waals surface area contributed by atoms with Crippen molar-refractivity contribution in [2.24, 2.45) is 0 Å². The molecule has 29 heavy (non-hydrogen) atoms. The van der Waals surface area contributed by atoms with Crippen LogP contribution in [0.15, 0.2) is 30.5 Å². The van der Waals surface area contributed by atoms with Crippen LogP contribution < -0.4 is 4.74 Å². The smallest absolute Gasteiger partial charge is 0.261 e. The first-order valence-electron chi connectivity index (χ1n) is 9.60. The summed E-state index contributed by atoms with van der Waals surface area (Å²) in [6.07, 6.45) is 4.15. The van der Waals surface area contributed by atoms with Crippen molar-refractivity contribution in [2.45, 2.75) is 32.2 Å². The Balaban J connectivity index is 1.73. The molecule has 1 fully saturated rings. The number of benzene rings is 1. The highest BCUT2D eigenvalue weighted by Crippen LogP contribution is 2.29. The van der Waals surface area contributed by atoms with Gasteiger partial charge in [0, 0.05) is 26.8 Å².